The summed E-state index contributed by atoms with van der Waals surface area (Å²) in [7, 11) is -3.30. The van der Waals surface area contributed by atoms with Crippen molar-refractivity contribution in [2.75, 3.05) is 37.3 Å². The molecular weight excluding hydrogens is 491 g/mol. The second-order valence-corrected chi connectivity index (χ2v) is 11.7. The van der Waals surface area contributed by atoms with Crippen LogP contribution in [0.15, 0.2) is 12.4 Å². The molecule has 2 aliphatic heterocycles. The van der Waals surface area contributed by atoms with E-state index >= 15 is 0 Å². The van der Waals surface area contributed by atoms with Crippen LogP contribution in [0.25, 0.3) is 0 Å². The van der Waals surface area contributed by atoms with Crippen LogP contribution in [0.1, 0.15) is 46.5 Å². The number of anilines is 1. The smallest absolute Gasteiger partial charge is 0.474 e. The first-order valence-corrected chi connectivity index (χ1v) is 13.3. The van der Waals surface area contributed by atoms with Crippen molar-refractivity contribution < 1.29 is 35.9 Å². The standard InChI is InChI=1S/C21H32F3N5O5S/c1-20(2,3)34-19(30)27-9-5-15(6-10-27)29(21(22,23)24)17-13-18(26-14-25-17)33-16-7-11-28(12-8-16)35(4,31)32/h13-16H,5-12H2,1-4H3. The number of sulfonamides is 1. The molecule has 0 radical (unpaired) electrons. The van der Waals surface area contributed by atoms with E-state index in [1.165, 1.54) is 9.21 Å². The van der Waals surface area contributed by atoms with Gasteiger partial charge in [0.2, 0.25) is 15.9 Å². The molecule has 0 N–H and O–H groups in total. The Morgan fingerprint density at radius 1 is 1.06 bits per heavy atom. The van der Waals surface area contributed by atoms with Crippen molar-refractivity contribution in [2.45, 2.75) is 70.5 Å². The van der Waals surface area contributed by atoms with Gasteiger partial charge in [-0.15, -0.1) is 0 Å². The third kappa shape index (κ3) is 7.56. The van der Waals surface area contributed by atoms with E-state index in [1.54, 1.807) is 20.8 Å². The van der Waals surface area contributed by atoms with Crippen LogP contribution in [0.2, 0.25) is 0 Å². The molecule has 0 unspecified atom stereocenters. The van der Waals surface area contributed by atoms with Crippen molar-refractivity contribution in [3.63, 3.8) is 0 Å². The number of rotatable bonds is 5. The van der Waals surface area contributed by atoms with Gasteiger partial charge in [-0.3, -0.25) is 4.90 Å². The van der Waals surface area contributed by atoms with Crippen molar-refractivity contribution in [1.29, 1.82) is 0 Å². The Hall–Kier alpha value is -2.35. The fraction of sp³-hybridized carbons (Fsp3) is 0.762. The van der Waals surface area contributed by atoms with Gasteiger partial charge in [-0.1, -0.05) is 0 Å². The van der Waals surface area contributed by atoms with E-state index in [9.17, 15) is 26.4 Å². The lowest BCUT2D eigenvalue weighted by Crippen LogP contribution is -2.52. The van der Waals surface area contributed by atoms with Gasteiger partial charge in [-0.05, 0) is 46.5 Å². The molecule has 2 saturated heterocycles. The van der Waals surface area contributed by atoms with Crippen LogP contribution in [0.4, 0.5) is 23.8 Å². The van der Waals surface area contributed by atoms with Gasteiger partial charge in [0.15, 0.2) is 0 Å². The second-order valence-electron chi connectivity index (χ2n) is 9.73. The summed E-state index contributed by atoms with van der Waals surface area (Å²) in [6, 6.07) is 0.228. The lowest BCUT2D eigenvalue weighted by molar-refractivity contribution is -0.137. The van der Waals surface area contributed by atoms with Crippen molar-refractivity contribution in [1.82, 2.24) is 19.2 Å². The van der Waals surface area contributed by atoms with E-state index in [2.05, 4.69) is 9.97 Å². The molecular formula is C21H32F3N5O5S. The molecule has 1 aromatic heterocycles. The van der Waals surface area contributed by atoms with Gasteiger partial charge in [0, 0.05) is 38.3 Å². The van der Waals surface area contributed by atoms with Gasteiger partial charge in [-0.2, -0.15) is 13.2 Å². The number of ether oxygens (including phenoxy) is 2. The van der Waals surface area contributed by atoms with Crippen molar-refractivity contribution in [3.8, 4) is 5.88 Å². The SMILES string of the molecule is CC(C)(C)OC(=O)N1CCC(N(c2cc(OC3CCN(S(C)(=O)=O)CC3)ncn2)C(F)(F)F)CC1. The summed E-state index contributed by atoms with van der Waals surface area (Å²) in [6.07, 6.45) is -2.49. The first-order chi connectivity index (χ1) is 16.1. The molecule has 1 amide bonds. The molecule has 10 nitrogen and oxygen atoms in total. The molecule has 1 aromatic rings. The average Bonchev–Trinajstić information content (AvgIpc) is 2.72. The number of nitrogens with zero attached hydrogens (tertiary/aromatic N) is 5. The molecule has 0 aliphatic carbocycles. The lowest BCUT2D eigenvalue weighted by atomic mass is 10.0. The number of alkyl halides is 3. The highest BCUT2D eigenvalue weighted by Crippen LogP contribution is 2.34. The zero-order valence-corrected chi connectivity index (χ0v) is 21.1. The Balaban J connectivity index is 1.67. The second kappa shape index (κ2) is 10.3. The molecule has 0 aromatic carbocycles. The summed E-state index contributed by atoms with van der Waals surface area (Å²) in [6.45, 7) is 5.98. The maximum atomic E-state index is 14.1. The fourth-order valence-electron chi connectivity index (χ4n) is 4.14. The van der Waals surface area contributed by atoms with Gasteiger partial charge in [0.1, 0.15) is 23.9 Å². The van der Waals surface area contributed by atoms with E-state index < -0.39 is 34.1 Å². The van der Waals surface area contributed by atoms with Gasteiger partial charge in [0.05, 0.1) is 6.26 Å². The number of amides is 1. The molecule has 3 heterocycles. The maximum absolute atomic E-state index is 14.1. The molecule has 0 bridgehead atoms. The molecule has 0 spiro atoms. The van der Waals surface area contributed by atoms with Crippen LogP contribution in [-0.4, -0.2) is 90.2 Å². The lowest BCUT2D eigenvalue weighted by Gasteiger charge is -2.39. The topological polar surface area (TPSA) is 105 Å². The Bertz CT molecular complexity index is 986. The highest BCUT2D eigenvalue weighted by molar-refractivity contribution is 7.88. The first kappa shape index (κ1) is 27.2. The minimum atomic E-state index is -4.70. The first-order valence-electron chi connectivity index (χ1n) is 11.4. The third-order valence-corrected chi connectivity index (χ3v) is 7.09. The monoisotopic (exact) mass is 523 g/mol. The normalized spacial score (nSPS) is 19.5. The molecule has 2 fully saturated rings. The molecule has 14 heteroatoms. The summed E-state index contributed by atoms with van der Waals surface area (Å²) in [5, 5.41) is 0. The van der Waals surface area contributed by atoms with E-state index in [-0.39, 0.29) is 56.8 Å². The summed E-state index contributed by atoms with van der Waals surface area (Å²) < 4.78 is 77.9. The highest BCUT2D eigenvalue weighted by atomic mass is 32.2. The number of aromatic nitrogens is 2. The third-order valence-electron chi connectivity index (χ3n) is 5.79. The summed E-state index contributed by atoms with van der Waals surface area (Å²) >= 11 is 0. The van der Waals surface area contributed by atoms with Crippen molar-refractivity contribution >= 4 is 21.9 Å². The molecule has 0 atom stereocenters. The maximum Gasteiger partial charge on any atom is 0.486 e. The van der Waals surface area contributed by atoms with Gasteiger partial charge in [0.25, 0.3) is 0 Å². The van der Waals surface area contributed by atoms with Crippen LogP contribution < -0.4 is 9.64 Å². The predicted molar refractivity (Wildman–Crippen MR) is 121 cm³/mol. The number of piperidine rings is 2. The summed E-state index contributed by atoms with van der Waals surface area (Å²) in [4.78, 5) is 21.8. The van der Waals surface area contributed by atoms with E-state index in [4.69, 9.17) is 9.47 Å². The minimum absolute atomic E-state index is 0.00625. The van der Waals surface area contributed by atoms with E-state index in [0.717, 1.165) is 18.6 Å². The zero-order valence-electron chi connectivity index (χ0n) is 20.3. The Labute approximate surface area is 203 Å². The van der Waals surface area contributed by atoms with Crippen LogP contribution >= 0.6 is 0 Å². The number of hydrogen-bond acceptors (Lipinski definition) is 8. The fourth-order valence-corrected chi connectivity index (χ4v) is 5.01. The van der Waals surface area contributed by atoms with Gasteiger partial charge < -0.3 is 14.4 Å². The summed E-state index contributed by atoms with van der Waals surface area (Å²) in [5.74, 6) is -0.347. The average molecular weight is 524 g/mol. The van der Waals surface area contributed by atoms with Gasteiger partial charge in [-0.25, -0.2) is 27.5 Å². The van der Waals surface area contributed by atoms with Crippen molar-refractivity contribution in [2.24, 2.45) is 0 Å². The van der Waals surface area contributed by atoms with Crippen LogP contribution in [0.3, 0.4) is 0 Å². The minimum Gasteiger partial charge on any atom is -0.474 e. The number of halogens is 3. The molecule has 0 saturated carbocycles. The Morgan fingerprint density at radius 3 is 2.17 bits per heavy atom. The van der Waals surface area contributed by atoms with E-state index in [1.807, 2.05) is 0 Å². The highest BCUT2D eigenvalue weighted by Gasteiger charge is 2.44. The number of carbonyl (C=O) groups excluding carboxylic acids is 1. The quantitative estimate of drug-likeness (QED) is 0.543. The summed E-state index contributed by atoms with van der Waals surface area (Å²) in [5.41, 5.74) is -0.690. The van der Waals surface area contributed by atoms with Crippen LogP contribution in [-0.2, 0) is 14.8 Å². The molecule has 2 aliphatic rings. The van der Waals surface area contributed by atoms with Crippen LogP contribution in [0, 0.1) is 0 Å². The zero-order chi connectivity index (χ0) is 26.0. The number of carbonyl (C=O) groups is 1. The van der Waals surface area contributed by atoms with Gasteiger partial charge >= 0.3 is 12.4 Å². The predicted octanol–water partition coefficient (Wildman–Crippen LogP) is 3.01. The molecule has 35 heavy (non-hydrogen) atoms. The Morgan fingerprint density at radius 2 is 1.66 bits per heavy atom. The molecule has 198 valence electrons. The number of likely N-dealkylation sites (tertiary alicyclic amines) is 1. The van der Waals surface area contributed by atoms with Crippen LogP contribution in [0.5, 0.6) is 5.88 Å². The Kier molecular flexibility index (Phi) is 8.04. The van der Waals surface area contributed by atoms with E-state index in [0.29, 0.717) is 17.7 Å². The number of hydrogen-bond donors (Lipinski definition) is 0. The molecule has 3 rings (SSSR count). The van der Waals surface area contributed by atoms with Crippen molar-refractivity contribution in [3.05, 3.63) is 12.4 Å². The largest absolute Gasteiger partial charge is 0.486 e.